The van der Waals surface area contributed by atoms with Gasteiger partial charge in [0.15, 0.2) is 5.03 Å². The number of nitrogens with zero attached hydrogens (tertiary/aromatic N) is 3. The molecule has 3 N–H and O–H groups in total. The fraction of sp³-hybridized carbons (Fsp3) is 0.111. The number of hydrazone groups is 2. The van der Waals surface area contributed by atoms with E-state index in [9.17, 15) is 10.1 Å². The average Bonchev–Trinajstić information content (AvgIpc) is 2.27. The zero-order chi connectivity index (χ0) is 14.4. The Morgan fingerprint density at radius 1 is 1.58 bits per heavy atom. The Morgan fingerprint density at radius 3 is 2.84 bits per heavy atom. The van der Waals surface area contributed by atoms with Crippen LogP contribution in [0.4, 0.5) is 0 Å². The summed E-state index contributed by atoms with van der Waals surface area (Å²) in [5.74, 6) is 0.146. The molecule has 0 amide bonds. The van der Waals surface area contributed by atoms with Crippen LogP contribution >= 0.6 is 31.9 Å². The van der Waals surface area contributed by atoms with E-state index in [-0.39, 0.29) is 0 Å². The van der Waals surface area contributed by atoms with Gasteiger partial charge in [-0.15, -0.1) is 0 Å². The van der Waals surface area contributed by atoms with Gasteiger partial charge < -0.3 is 10.5 Å². The lowest BCUT2D eigenvalue weighted by molar-refractivity contribution is -0.485. The Morgan fingerprint density at radius 2 is 2.26 bits per heavy atom. The molecule has 0 unspecified atom stereocenters. The summed E-state index contributed by atoms with van der Waals surface area (Å²) in [4.78, 5) is 10.0. The van der Waals surface area contributed by atoms with Crippen molar-refractivity contribution < 1.29 is 9.77 Å². The molecular weight excluding hydrogens is 386 g/mol. The van der Waals surface area contributed by atoms with Gasteiger partial charge in [-0.2, -0.15) is 5.10 Å². The number of halogens is 2. The summed E-state index contributed by atoms with van der Waals surface area (Å²) in [6.45, 7) is 0. The van der Waals surface area contributed by atoms with E-state index in [0.717, 1.165) is 8.95 Å². The number of methoxy groups -OCH3 is 1. The van der Waals surface area contributed by atoms with Gasteiger partial charge in [0.1, 0.15) is 10.9 Å². The van der Waals surface area contributed by atoms with E-state index >= 15 is 0 Å². The van der Waals surface area contributed by atoms with Crippen molar-refractivity contribution in [1.82, 2.24) is 5.43 Å². The number of nitro groups is 1. The summed E-state index contributed by atoms with van der Waals surface area (Å²) in [7, 11) is 1.52. The molecule has 0 atom stereocenters. The molecule has 0 saturated carbocycles. The van der Waals surface area contributed by atoms with Crippen molar-refractivity contribution in [3.63, 3.8) is 0 Å². The Bertz CT molecular complexity index is 547. The molecule has 1 aromatic carbocycles. The molecule has 0 bridgehead atoms. The highest BCUT2D eigenvalue weighted by molar-refractivity contribution is 9.11. The third kappa shape index (κ3) is 4.83. The second-order valence-corrected chi connectivity index (χ2v) is 4.87. The topological polar surface area (TPSA) is 115 Å². The lowest BCUT2D eigenvalue weighted by Crippen LogP contribution is -2.28. The maximum atomic E-state index is 10.0. The fourth-order valence-electron chi connectivity index (χ4n) is 1.17. The van der Waals surface area contributed by atoms with Crippen LogP contribution in [0.25, 0.3) is 0 Å². The minimum Gasteiger partial charge on any atom is -0.495 e. The number of nitrogens with two attached hydrogens (primary N) is 1. The van der Waals surface area contributed by atoms with Gasteiger partial charge in [0.25, 0.3) is 5.96 Å². The highest BCUT2D eigenvalue weighted by Crippen LogP contribution is 2.31. The van der Waals surface area contributed by atoms with Crippen molar-refractivity contribution in [2.24, 2.45) is 15.9 Å². The summed E-state index contributed by atoms with van der Waals surface area (Å²) in [6.07, 6.45) is 1.40. The predicted molar refractivity (Wildman–Crippen MR) is 77.7 cm³/mol. The molecule has 0 aliphatic carbocycles. The zero-order valence-corrected chi connectivity index (χ0v) is 12.8. The summed E-state index contributed by atoms with van der Waals surface area (Å²) in [5, 5.41) is 15.7. The molecule has 0 fully saturated rings. The average molecular weight is 395 g/mol. The Hall–Kier alpha value is -1.68. The van der Waals surface area contributed by atoms with Crippen molar-refractivity contribution in [3.8, 4) is 5.75 Å². The van der Waals surface area contributed by atoms with Gasteiger partial charge in [-0.3, -0.25) is 0 Å². The standard InChI is InChI=1S/C9H9Br2N5O3/c1-19-8-5(2-6(10)3-7(8)11)4-13-14-9(12)15-16(17)18/h2-4H,1H3,(H3,12,14,15)/b13-4+. The summed E-state index contributed by atoms with van der Waals surface area (Å²) in [6, 6.07) is 3.57. The monoisotopic (exact) mass is 393 g/mol. The third-order valence-corrected chi connectivity index (χ3v) is 2.86. The molecular formula is C9H9Br2N5O3. The van der Waals surface area contributed by atoms with Crippen LogP contribution in [-0.4, -0.2) is 24.3 Å². The third-order valence-electron chi connectivity index (χ3n) is 1.81. The van der Waals surface area contributed by atoms with E-state index in [1.54, 1.807) is 6.07 Å². The van der Waals surface area contributed by atoms with E-state index < -0.39 is 11.0 Å². The molecule has 10 heteroatoms. The van der Waals surface area contributed by atoms with Crippen LogP contribution in [0.15, 0.2) is 31.3 Å². The van der Waals surface area contributed by atoms with Crippen molar-refractivity contribution in [3.05, 3.63) is 36.8 Å². The van der Waals surface area contributed by atoms with Crippen LogP contribution in [0.5, 0.6) is 5.75 Å². The number of hydrogen-bond acceptors (Lipinski definition) is 4. The van der Waals surface area contributed by atoms with Gasteiger partial charge in [0, 0.05) is 10.0 Å². The molecule has 8 nitrogen and oxygen atoms in total. The Labute approximate surface area is 125 Å². The number of guanidine groups is 1. The summed E-state index contributed by atoms with van der Waals surface area (Å²) < 4.78 is 6.74. The van der Waals surface area contributed by atoms with Gasteiger partial charge in [0.05, 0.1) is 17.8 Å². The molecule has 0 saturated heterocycles. The van der Waals surface area contributed by atoms with Crippen LogP contribution < -0.4 is 15.9 Å². The van der Waals surface area contributed by atoms with E-state index in [1.165, 1.54) is 13.3 Å². The number of rotatable bonds is 4. The largest absolute Gasteiger partial charge is 0.495 e. The van der Waals surface area contributed by atoms with Crippen LogP contribution in [0.1, 0.15) is 5.56 Å². The highest BCUT2D eigenvalue weighted by atomic mass is 79.9. The molecule has 0 radical (unpaired) electrons. The van der Waals surface area contributed by atoms with Gasteiger partial charge >= 0.3 is 0 Å². The maximum absolute atomic E-state index is 10.0. The van der Waals surface area contributed by atoms with Gasteiger partial charge in [-0.05, 0) is 28.1 Å². The number of hydrogen-bond donors (Lipinski definition) is 2. The fourth-order valence-corrected chi connectivity index (χ4v) is 2.59. The van der Waals surface area contributed by atoms with E-state index in [1.807, 2.05) is 6.07 Å². The number of benzene rings is 1. The van der Waals surface area contributed by atoms with Crippen molar-refractivity contribution in [2.45, 2.75) is 0 Å². The number of nitrogens with one attached hydrogen (secondary N) is 1. The van der Waals surface area contributed by atoms with Crippen LogP contribution in [0.2, 0.25) is 0 Å². The molecule has 0 aliphatic rings. The normalized spacial score (nSPS) is 11.6. The van der Waals surface area contributed by atoms with E-state index in [4.69, 9.17) is 10.5 Å². The molecule has 0 aliphatic heterocycles. The summed E-state index contributed by atoms with van der Waals surface area (Å²) in [5.41, 5.74) is 8.07. The van der Waals surface area contributed by atoms with Crippen molar-refractivity contribution in [1.29, 1.82) is 0 Å². The number of ether oxygens (including phenoxy) is 1. The molecule has 1 aromatic rings. The lowest BCUT2D eigenvalue weighted by Gasteiger charge is -2.07. The molecule has 19 heavy (non-hydrogen) atoms. The van der Waals surface area contributed by atoms with Crippen LogP contribution in [-0.2, 0) is 0 Å². The lowest BCUT2D eigenvalue weighted by atomic mass is 10.2. The van der Waals surface area contributed by atoms with E-state index in [2.05, 4.69) is 47.5 Å². The molecule has 0 spiro atoms. The molecule has 0 aromatic heterocycles. The SMILES string of the molecule is COc1c(Br)cc(Br)cc1/C=N/N/C(N)=N\[N+](=O)[O-]. The van der Waals surface area contributed by atoms with E-state index in [0.29, 0.717) is 11.3 Å². The summed E-state index contributed by atoms with van der Waals surface area (Å²) >= 11 is 6.66. The Kier molecular flexibility index (Phi) is 5.70. The maximum Gasteiger partial charge on any atom is 0.286 e. The second kappa shape index (κ2) is 7.04. The molecule has 1 rings (SSSR count). The highest BCUT2D eigenvalue weighted by Gasteiger charge is 2.07. The van der Waals surface area contributed by atoms with Gasteiger partial charge in [0.2, 0.25) is 0 Å². The predicted octanol–water partition coefficient (Wildman–Crippen LogP) is 1.65. The first kappa shape index (κ1) is 15.4. The second-order valence-electron chi connectivity index (χ2n) is 3.10. The first-order chi connectivity index (χ1) is 8.93. The van der Waals surface area contributed by atoms with Gasteiger partial charge in [-0.1, -0.05) is 15.9 Å². The Balaban J connectivity index is 2.90. The minimum absolute atomic E-state index is 0.422. The van der Waals surface area contributed by atoms with Gasteiger partial charge in [-0.25, -0.2) is 15.5 Å². The van der Waals surface area contributed by atoms with Crippen LogP contribution in [0, 0.1) is 10.1 Å². The van der Waals surface area contributed by atoms with Crippen molar-refractivity contribution >= 4 is 44.0 Å². The molecule has 102 valence electrons. The minimum atomic E-state index is -0.922. The first-order valence-electron chi connectivity index (χ1n) is 4.74. The van der Waals surface area contributed by atoms with Crippen LogP contribution in [0.3, 0.4) is 0 Å². The smallest absolute Gasteiger partial charge is 0.286 e. The first-order valence-corrected chi connectivity index (χ1v) is 6.33. The van der Waals surface area contributed by atoms with Crippen molar-refractivity contribution in [2.75, 3.05) is 7.11 Å². The zero-order valence-electron chi connectivity index (χ0n) is 9.63. The quantitative estimate of drug-likeness (QED) is 0.348. The molecule has 0 heterocycles.